The highest BCUT2D eigenvalue weighted by Crippen LogP contribution is 2.11. The smallest absolute Gasteiger partial charge is 0.105 e. The van der Waals surface area contributed by atoms with Crippen LogP contribution in [0, 0.1) is 0 Å². The van der Waals surface area contributed by atoms with Gasteiger partial charge in [-0.25, -0.2) is 9.78 Å². The van der Waals surface area contributed by atoms with Crippen molar-refractivity contribution >= 4 is 0 Å². The maximum absolute atomic E-state index is 9.69. The summed E-state index contributed by atoms with van der Waals surface area (Å²) in [6, 6.07) is 0. The monoisotopic (exact) mass is 276 g/mol. The predicted octanol–water partition coefficient (Wildman–Crippen LogP) is 3.21. The first kappa shape index (κ1) is 18.8. The van der Waals surface area contributed by atoms with Crippen LogP contribution in [0.25, 0.3) is 0 Å². The third-order valence-electron chi connectivity index (χ3n) is 3.18. The Morgan fingerprint density at radius 1 is 0.789 bits per heavy atom. The Bertz CT molecular complexity index is 164. The van der Waals surface area contributed by atoms with Gasteiger partial charge in [-0.3, -0.25) is 0 Å². The van der Waals surface area contributed by atoms with Crippen LogP contribution in [0.4, 0.5) is 0 Å². The Morgan fingerprint density at radius 2 is 1.37 bits per heavy atom. The summed E-state index contributed by atoms with van der Waals surface area (Å²) < 4.78 is 0. The van der Waals surface area contributed by atoms with Gasteiger partial charge in [-0.1, -0.05) is 58.3 Å². The van der Waals surface area contributed by atoms with Gasteiger partial charge in [0.2, 0.25) is 0 Å². The van der Waals surface area contributed by atoms with Crippen molar-refractivity contribution in [3.8, 4) is 0 Å². The molecule has 0 heterocycles. The molecule has 19 heavy (non-hydrogen) atoms. The Balaban J connectivity index is 3.09. The molecule has 0 amide bonds. The van der Waals surface area contributed by atoms with E-state index in [1.54, 1.807) is 0 Å². The summed E-state index contributed by atoms with van der Waals surface area (Å²) in [5.74, 6) is 0. The lowest BCUT2D eigenvalue weighted by molar-refractivity contribution is -0.299. The van der Waals surface area contributed by atoms with Gasteiger partial charge in [-0.2, -0.15) is 0 Å². The first-order valence-corrected chi connectivity index (χ1v) is 7.84. The second-order valence-electron chi connectivity index (χ2n) is 5.07. The lowest BCUT2D eigenvalue weighted by Gasteiger charge is -2.10. The molecular formula is C15H32O4. The van der Waals surface area contributed by atoms with E-state index in [2.05, 4.69) is 11.8 Å². The van der Waals surface area contributed by atoms with Gasteiger partial charge in [0.05, 0.1) is 19.3 Å². The van der Waals surface area contributed by atoms with Gasteiger partial charge >= 0.3 is 0 Å². The molecule has 0 spiro atoms. The van der Waals surface area contributed by atoms with Crippen LogP contribution < -0.4 is 0 Å². The molecule has 0 saturated heterocycles. The number of aliphatic hydroxyl groups is 2. The predicted molar refractivity (Wildman–Crippen MR) is 76.8 cm³/mol. The van der Waals surface area contributed by atoms with Crippen LogP contribution in [0.5, 0.6) is 0 Å². The normalized spacial score (nSPS) is 12.8. The summed E-state index contributed by atoms with van der Waals surface area (Å²) in [5, 5.41) is 18.1. The first-order valence-electron chi connectivity index (χ1n) is 7.84. The van der Waals surface area contributed by atoms with Gasteiger partial charge in [-0.05, 0) is 12.8 Å². The van der Waals surface area contributed by atoms with E-state index in [0.717, 1.165) is 12.8 Å². The first-order chi connectivity index (χ1) is 9.31. The summed E-state index contributed by atoms with van der Waals surface area (Å²) in [4.78, 5) is 9.47. The molecule has 0 radical (unpaired) electrons. The molecule has 2 N–H and O–H groups in total. The van der Waals surface area contributed by atoms with Crippen LogP contribution in [0.15, 0.2) is 0 Å². The van der Waals surface area contributed by atoms with Crippen molar-refractivity contribution in [1.82, 2.24) is 0 Å². The highest BCUT2D eigenvalue weighted by Gasteiger charge is 2.04. The van der Waals surface area contributed by atoms with Crippen LogP contribution in [-0.4, -0.2) is 36.1 Å². The van der Waals surface area contributed by atoms with Crippen molar-refractivity contribution in [2.24, 2.45) is 0 Å². The number of rotatable bonds is 15. The van der Waals surface area contributed by atoms with Crippen molar-refractivity contribution < 1.29 is 20.0 Å². The van der Waals surface area contributed by atoms with E-state index in [-0.39, 0.29) is 19.3 Å². The maximum atomic E-state index is 9.69. The minimum atomic E-state index is -0.294. The zero-order valence-electron chi connectivity index (χ0n) is 12.5. The van der Waals surface area contributed by atoms with E-state index in [1.165, 1.54) is 44.9 Å². The molecule has 0 aromatic carbocycles. The summed E-state index contributed by atoms with van der Waals surface area (Å²) in [7, 11) is 0. The van der Waals surface area contributed by atoms with Crippen molar-refractivity contribution in [3.05, 3.63) is 0 Å². The molecule has 0 aliphatic carbocycles. The molecule has 0 aliphatic rings. The lowest BCUT2D eigenvalue weighted by Crippen LogP contribution is -2.11. The topological polar surface area (TPSA) is 58.9 Å². The Morgan fingerprint density at radius 3 is 2.00 bits per heavy atom. The molecule has 0 saturated carbocycles. The molecular weight excluding hydrogens is 244 g/mol. The van der Waals surface area contributed by atoms with E-state index >= 15 is 0 Å². The third-order valence-corrected chi connectivity index (χ3v) is 3.18. The molecule has 0 fully saturated rings. The molecule has 4 nitrogen and oxygen atoms in total. The quantitative estimate of drug-likeness (QED) is 0.274. The van der Waals surface area contributed by atoms with Gasteiger partial charge in [0, 0.05) is 0 Å². The van der Waals surface area contributed by atoms with E-state index in [0.29, 0.717) is 13.0 Å². The fraction of sp³-hybridized carbons (Fsp3) is 1.00. The lowest BCUT2D eigenvalue weighted by atomic mass is 10.0. The SMILES string of the molecule is CCCCCCCCCCC(O)CCOOCCO. The number of hydrogen-bond acceptors (Lipinski definition) is 4. The summed E-state index contributed by atoms with van der Waals surface area (Å²) in [6.45, 7) is 2.77. The van der Waals surface area contributed by atoms with Crippen molar-refractivity contribution in [2.75, 3.05) is 19.8 Å². The Kier molecular flexibility index (Phi) is 15.8. The standard InChI is InChI=1S/C15H32O4/c1-2-3-4-5-6-7-8-9-10-15(17)11-13-18-19-14-12-16/h15-17H,2-14H2,1H3. The minimum Gasteiger partial charge on any atom is -0.394 e. The fourth-order valence-corrected chi connectivity index (χ4v) is 2.00. The zero-order valence-corrected chi connectivity index (χ0v) is 12.5. The number of aliphatic hydroxyl groups excluding tert-OH is 2. The van der Waals surface area contributed by atoms with Gasteiger partial charge < -0.3 is 10.2 Å². The van der Waals surface area contributed by atoms with Crippen LogP contribution in [0.2, 0.25) is 0 Å². The van der Waals surface area contributed by atoms with Gasteiger partial charge in [-0.15, -0.1) is 0 Å². The molecule has 0 aromatic heterocycles. The largest absolute Gasteiger partial charge is 0.394 e. The van der Waals surface area contributed by atoms with Crippen LogP contribution in [0.1, 0.15) is 71.1 Å². The highest BCUT2D eigenvalue weighted by molar-refractivity contribution is 4.55. The molecule has 4 heteroatoms. The molecule has 0 aromatic rings. The number of unbranched alkanes of at least 4 members (excludes halogenated alkanes) is 7. The molecule has 1 unspecified atom stereocenters. The van der Waals surface area contributed by atoms with Crippen LogP contribution in [-0.2, 0) is 9.78 Å². The Hall–Kier alpha value is -0.160. The van der Waals surface area contributed by atoms with E-state index in [9.17, 15) is 5.11 Å². The minimum absolute atomic E-state index is 0.0409. The zero-order chi connectivity index (χ0) is 14.2. The van der Waals surface area contributed by atoms with Crippen molar-refractivity contribution in [1.29, 1.82) is 0 Å². The van der Waals surface area contributed by atoms with E-state index in [1.807, 2.05) is 0 Å². The fourth-order valence-electron chi connectivity index (χ4n) is 2.00. The second kappa shape index (κ2) is 15.9. The summed E-state index contributed by atoms with van der Waals surface area (Å²) in [5.41, 5.74) is 0. The molecule has 0 aliphatic heterocycles. The van der Waals surface area contributed by atoms with Gasteiger partial charge in [0.25, 0.3) is 0 Å². The highest BCUT2D eigenvalue weighted by atomic mass is 17.2. The van der Waals surface area contributed by atoms with E-state index < -0.39 is 0 Å². The van der Waals surface area contributed by atoms with Crippen molar-refractivity contribution in [2.45, 2.75) is 77.2 Å². The van der Waals surface area contributed by atoms with Crippen LogP contribution >= 0.6 is 0 Å². The molecule has 1 atom stereocenters. The van der Waals surface area contributed by atoms with E-state index in [4.69, 9.17) is 9.99 Å². The average Bonchev–Trinajstić information content (AvgIpc) is 2.41. The molecule has 116 valence electrons. The third kappa shape index (κ3) is 15.8. The van der Waals surface area contributed by atoms with Crippen LogP contribution in [0.3, 0.4) is 0 Å². The number of hydrogen-bond donors (Lipinski definition) is 2. The van der Waals surface area contributed by atoms with Crippen molar-refractivity contribution in [3.63, 3.8) is 0 Å². The molecule has 0 rings (SSSR count). The molecule has 0 bridgehead atoms. The van der Waals surface area contributed by atoms with Gasteiger partial charge in [0.15, 0.2) is 0 Å². The average molecular weight is 276 g/mol. The van der Waals surface area contributed by atoms with Gasteiger partial charge in [0.1, 0.15) is 6.61 Å². The summed E-state index contributed by atoms with van der Waals surface area (Å²) in [6.07, 6.45) is 11.4. The summed E-state index contributed by atoms with van der Waals surface area (Å²) >= 11 is 0. The Labute approximate surface area is 118 Å². The second-order valence-corrected chi connectivity index (χ2v) is 5.07. The maximum Gasteiger partial charge on any atom is 0.105 e.